The van der Waals surface area contributed by atoms with Crippen molar-refractivity contribution >= 4 is 33.3 Å². The van der Waals surface area contributed by atoms with Gasteiger partial charge in [-0.05, 0) is 39.8 Å². The third-order valence-electron chi connectivity index (χ3n) is 5.56. The van der Waals surface area contributed by atoms with Crippen LogP contribution in [0, 0.1) is 6.92 Å². The lowest BCUT2D eigenvalue weighted by atomic mass is 9.95. The predicted molar refractivity (Wildman–Crippen MR) is 144 cm³/mol. The minimum absolute atomic E-state index is 0.0666. The highest BCUT2D eigenvalue weighted by Gasteiger charge is 2.42. The molecule has 0 saturated heterocycles. The van der Waals surface area contributed by atoms with Crippen LogP contribution in [0.15, 0.2) is 94.8 Å². The Hall–Kier alpha value is -3.00. The maximum atomic E-state index is 13.3. The SMILES string of the molecule is CCOC(=O)[C@@H](N=C(c1ccccc1)c1ccccc1)[C@H](NS(=O)(=O)c1ccc(C)cc1)C(C)(C)Cl. The normalized spacial score (nSPS) is 13.5. The number of benzene rings is 3. The van der Waals surface area contributed by atoms with Gasteiger partial charge in [0.1, 0.15) is 0 Å². The smallest absolute Gasteiger partial charge is 0.332 e. The Labute approximate surface area is 218 Å². The first-order valence-electron chi connectivity index (χ1n) is 11.7. The Morgan fingerprint density at radius 1 is 0.944 bits per heavy atom. The number of rotatable bonds is 10. The van der Waals surface area contributed by atoms with Crippen LogP contribution in [0.1, 0.15) is 37.5 Å². The molecule has 0 amide bonds. The van der Waals surface area contributed by atoms with Crippen LogP contribution in [0.3, 0.4) is 0 Å². The molecule has 0 saturated carbocycles. The number of hydrogen-bond acceptors (Lipinski definition) is 5. The number of carbonyl (C=O) groups excluding carboxylic acids is 1. The Balaban J connectivity index is 2.17. The number of sulfonamides is 1. The fourth-order valence-corrected chi connectivity index (χ4v) is 5.30. The molecular weight excluding hydrogens is 496 g/mol. The summed E-state index contributed by atoms with van der Waals surface area (Å²) in [5, 5.41) is 0. The highest BCUT2D eigenvalue weighted by atomic mass is 35.5. The van der Waals surface area contributed by atoms with Gasteiger partial charge in [0.15, 0.2) is 6.04 Å². The molecule has 0 radical (unpaired) electrons. The van der Waals surface area contributed by atoms with Gasteiger partial charge in [-0.15, -0.1) is 11.6 Å². The highest BCUT2D eigenvalue weighted by molar-refractivity contribution is 7.89. The minimum Gasteiger partial charge on any atom is -0.464 e. The van der Waals surface area contributed by atoms with Gasteiger partial charge in [0.05, 0.1) is 28.1 Å². The highest BCUT2D eigenvalue weighted by Crippen LogP contribution is 2.27. The van der Waals surface area contributed by atoms with Gasteiger partial charge in [0, 0.05) is 11.1 Å². The van der Waals surface area contributed by atoms with Crippen molar-refractivity contribution < 1.29 is 17.9 Å². The zero-order valence-corrected chi connectivity index (χ0v) is 22.4. The molecule has 0 aromatic heterocycles. The van der Waals surface area contributed by atoms with E-state index in [0.717, 1.165) is 16.7 Å². The fraction of sp³-hybridized carbons (Fsp3) is 0.286. The number of aliphatic imine (C=N–C) groups is 1. The van der Waals surface area contributed by atoms with Crippen molar-refractivity contribution in [2.75, 3.05) is 6.61 Å². The summed E-state index contributed by atoms with van der Waals surface area (Å²) in [7, 11) is -4.03. The summed E-state index contributed by atoms with van der Waals surface area (Å²) in [5.41, 5.74) is 2.98. The van der Waals surface area contributed by atoms with Crippen molar-refractivity contribution in [1.29, 1.82) is 0 Å². The average molecular weight is 527 g/mol. The van der Waals surface area contributed by atoms with Crippen LogP contribution in [0.5, 0.6) is 0 Å². The van der Waals surface area contributed by atoms with Gasteiger partial charge >= 0.3 is 5.97 Å². The molecular formula is C28H31ClN2O4S. The molecule has 1 N–H and O–H groups in total. The van der Waals surface area contributed by atoms with E-state index in [2.05, 4.69) is 4.72 Å². The molecule has 3 rings (SSSR count). The second kappa shape index (κ2) is 11.8. The number of ether oxygens (including phenoxy) is 1. The van der Waals surface area contributed by atoms with Crippen molar-refractivity contribution in [3.05, 3.63) is 102 Å². The Morgan fingerprint density at radius 2 is 1.44 bits per heavy atom. The molecule has 0 heterocycles. The van der Waals surface area contributed by atoms with Crippen molar-refractivity contribution in [1.82, 2.24) is 4.72 Å². The number of aryl methyl sites for hydroxylation is 1. The van der Waals surface area contributed by atoms with E-state index in [4.69, 9.17) is 21.3 Å². The number of carbonyl (C=O) groups is 1. The molecule has 0 aliphatic rings. The lowest BCUT2D eigenvalue weighted by Gasteiger charge is -2.33. The van der Waals surface area contributed by atoms with E-state index in [1.807, 2.05) is 67.6 Å². The van der Waals surface area contributed by atoms with Crippen LogP contribution in [0.4, 0.5) is 0 Å². The van der Waals surface area contributed by atoms with Crippen molar-refractivity contribution in [3.63, 3.8) is 0 Å². The topological polar surface area (TPSA) is 84.8 Å². The second-order valence-electron chi connectivity index (χ2n) is 8.88. The van der Waals surface area contributed by atoms with Gasteiger partial charge < -0.3 is 4.74 Å². The molecule has 0 unspecified atom stereocenters. The molecule has 3 aromatic rings. The van der Waals surface area contributed by atoms with E-state index in [1.54, 1.807) is 32.9 Å². The number of nitrogens with one attached hydrogen (secondary N) is 1. The monoisotopic (exact) mass is 526 g/mol. The van der Waals surface area contributed by atoms with E-state index in [1.165, 1.54) is 12.1 Å². The predicted octanol–water partition coefficient (Wildman–Crippen LogP) is 5.13. The first-order valence-corrected chi connectivity index (χ1v) is 13.5. The van der Waals surface area contributed by atoms with Crippen LogP contribution < -0.4 is 4.72 Å². The third-order valence-corrected chi connectivity index (χ3v) is 7.25. The number of hydrogen-bond donors (Lipinski definition) is 1. The number of esters is 1. The third kappa shape index (κ3) is 7.03. The lowest BCUT2D eigenvalue weighted by molar-refractivity contribution is -0.145. The number of nitrogens with zero attached hydrogens (tertiary/aromatic N) is 1. The van der Waals surface area contributed by atoms with Gasteiger partial charge in [-0.3, -0.25) is 4.99 Å². The number of halogens is 1. The van der Waals surface area contributed by atoms with E-state index < -0.39 is 33.0 Å². The summed E-state index contributed by atoms with van der Waals surface area (Å²) in [5.74, 6) is -0.674. The van der Waals surface area contributed by atoms with Crippen LogP contribution in [-0.2, 0) is 19.6 Å². The van der Waals surface area contributed by atoms with Gasteiger partial charge in [-0.2, -0.15) is 0 Å². The maximum Gasteiger partial charge on any atom is 0.332 e. The van der Waals surface area contributed by atoms with E-state index in [-0.39, 0.29) is 11.5 Å². The molecule has 190 valence electrons. The lowest BCUT2D eigenvalue weighted by Crippen LogP contribution is -2.55. The molecule has 0 spiro atoms. The summed E-state index contributed by atoms with van der Waals surface area (Å²) < 4.78 is 34.7. The molecule has 2 atom stereocenters. The quantitative estimate of drug-likeness (QED) is 0.225. The van der Waals surface area contributed by atoms with Crippen molar-refractivity contribution in [3.8, 4) is 0 Å². The molecule has 0 fully saturated rings. The second-order valence-corrected chi connectivity index (χ2v) is 11.6. The number of alkyl halides is 1. The van der Waals surface area contributed by atoms with Gasteiger partial charge in [0.25, 0.3) is 0 Å². The molecule has 3 aromatic carbocycles. The zero-order chi connectivity index (χ0) is 26.3. The molecule has 36 heavy (non-hydrogen) atoms. The Morgan fingerprint density at radius 3 is 1.89 bits per heavy atom. The molecule has 6 nitrogen and oxygen atoms in total. The average Bonchev–Trinajstić information content (AvgIpc) is 2.84. The minimum atomic E-state index is -4.03. The van der Waals surface area contributed by atoms with E-state index >= 15 is 0 Å². The van der Waals surface area contributed by atoms with Crippen LogP contribution in [0.25, 0.3) is 0 Å². The summed E-state index contributed by atoms with van der Waals surface area (Å²) in [6, 6.07) is 22.8. The van der Waals surface area contributed by atoms with Gasteiger partial charge in [-0.1, -0.05) is 78.4 Å². The van der Waals surface area contributed by atoms with Crippen molar-refractivity contribution in [2.24, 2.45) is 4.99 Å². The molecule has 8 heteroatoms. The van der Waals surface area contributed by atoms with Crippen LogP contribution >= 0.6 is 11.6 Å². The molecule has 0 aliphatic heterocycles. The zero-order valence-electron chi connectivity index (χ0n) is 20.8. The van der Waals surface area contributed by atoms with Gasteiger partial charge in [-0.25, -0.2) is 17.9 Å². The van der Waals surface area contributed by atoms with Gasteiger partial charge in [0.2, 0.25) is 10.0 Å². The summed E-state index contributed by atoms with van der Waals surface area (Å²) >= 11 is 6.73. The standard InChI is InChI=1S/C28H31ClN2O4S/c1-5-35-27(32)25(30-24(21-12-8-6-9-13-21)22-14-10-7-11-15-22)26(28(3,4)29)31-36(33,34)23-18-16-20(2)17-19-23/h6-19,25-26,31H,5H2,1-4H3/t25-,26-/m0/s1. The first kappa shape index (κ1) is 27.6. The Bertz CT molecular complexity index is 1250. The summed E-state index contributed by atoms with van der Waals surface area (Å²) in [6.45, 7) is 6.95. The van der Waals surface area contributed by atoms with Crippen LogP contribution in [-0.4, -0.2) is 43.7 Å². The summed E-state index contributed by atoms with van der Waals surface area (Å²) in [6.07, 6.45) is 0. The largest absolute Gasteiger partial charge is 0.464 e. The molecule has 0 aliphatic carbocycles. The fourth-order valence-electron chi connectivity index (χ4n) is 3.67. The summed E-state index contributed by atoms with van der Waals surface area (Å²) in [4.78, 5) is 17.0. The molecule has 0 bridgehead atoms. The van der Waals surface area contributed by atoms with E-state index in [0.29, 0.717) is 5.71 Å². The Kier molecular flexibility index (Phi) is 9.06. The van der Waals surface area contributed by atoms with Crippen molar-refractivity contribution in [2.45, 2.75) is 49.5 Å². The maximum absolute atomic E-state index is 13.3. The van der Waals surface area contributed by atoms with Crippen LogP contribution in [0.2, 0.25) is 0 Å². The van der Waals surface area contributed by atoms with E-state index in [9.17, 15) is 13.2 Å². The first-order chi connectivity index (χ1) is 17.0.